The van der Waals surface area contributed by atoms with Gasteiger partial charge in [0, 0.05) is 29.3 Å². The van der Waals surface area contributed by atoms with Gasteiger partial charge in [-0.25, -0.2) is 9.97 Å². The molecule has 4 aromatic rings. The first-order valence-electron chi connectivity index (χ1n) is 11.3. The van der Waals surface area contributed by atoms with Crippen LogP contribution in [0.1, 0.15) is 35.1 Å². The second-order valence-electron chi connectivity index (χ2n) is 9.53. The number of benzene rings is 1. The van der Waals surface area contributed by atoms with Crippen molar-refractivity contribution in [1.82, 2.24) is 25.1 Å². The van der Waals surface area contributed by atoms with Gasteiger partial charge in [0.25, 0.3) is 5.91 Å². The summed E-state index contributed by atoms with van der Waals surface area (Å²) in [4.78, 5) is 21.6. The van der Waals surface area contributed by atoms with Gasteiger partial charge >= 0.3 is 0 Å². The Labute approximate surface area is 194 Å². The van der Waals surface area contributed by atoms with Crippen molar-refractivity contribution in [1.29, 1.82) is 0 Å². The molecule has 5 rings (SSSR count). The summed E-state index contributed by atoms with van der Waals surface area (Å²) in [6, 6.07) is 8.05. The average molecular weight is 438 g/mol. The van der Waals surface area contributed by atoms with E-state index in [4.69, 9.17) is 4.42 Å². The lowest BCUT2D eigenvalue weighted by Gasteiger charge is -2.19. The Hall–Kier alpha value is -3.33. The number of aromatic nitrogens is 4. The lowest BCUT2D eigenvalue weighted by atomic mass is 9.49. The quantitative estimate of drug-likeness (QED) is 0.435. The Kier molecular flexibility index (Phi) is 5.58. The summed E-state index contributed by atoms with van der Waals surface area (Å²) in [6.45, 7) is 1.88. The first-order valence-corrected chi connectivity index (χ1v) is 11.3. The number of hydrogen-bond acceptors (Lipinski definition) is 6. The third-order valence-corrected chi connectivity index (χ3v) is 6.01. The van der Waals surface area contributed by atoms with Crippen molar-refractivity contribution in [2.75, 3.05) is 18.4 Å². The molecule has 1 saturated heterocycles. The number of carbonyl (C=O) groups excluding carboxylic acids is 1. The summed E-state index contributed by atoms with van der Waals surface area (Å²) in [6.07, 6.45) is 9.04. The molecule has 4 heterocycles. The Bertz CT molecular complexity index is 1310. The van der Waals surface area contributed by atoms with E-state index in [0.717, 1.165) is 47.8 Å². The zero-order chi connectivity index (χ0) is 23.0. The van der Waals surface area contributed by atoms with E-state index < -0.39 is 0 Å². The molecule has 1 aliphatic heterocycles. The van der Waals surface area contributed by atoms with Crippen molar-refractivity contribution in [3.05, 3.63) is 60.7 Å². The summed E-state index contributed by atoms with van der Waals surface area (Å²) in [5, 5.41) is 12.6. The highest BCUT2D eigenvalue weighted by atomic mass is 16.3. The lowest BCUT2D eigenvalue weighted by molar-refractivity contribution is 0.102. The number of carbonyl (C=O) groups is 1. The van der Waals surface area contributed by atoms with Crippen LogP contribution in [0.3, 0.4) is 0 Å². The van der Waals surface area contributed by atoms with Crippen LogP contribution in [0.15, 0.2) is 53.5 Å². The molecule has 1 aromatic carbocycles. The van der Waals surface area contributed by atoms with Gasteiger partial charge in [-0.3, -0.25) is 9.48 Å². The minimum atomic E-state index is -0.326. The van der Waals surface area contributed by atoms with Crippen LogP contribution in [-0.2, 0) is 5.24 Å². The molecule has 164 valence electrons. The van der Waals surface area contributed by atoms with E-state index >= 15 is 0 Å². The highest BCUT2D eigenvalue weighted by molar-refractivity contribution is 6.56. The van der Waals surface area contributed by atoms with E-state index in [2.05, 4.69) is 67.6 Å². The molecule has 8 nitrogen and oxygen atoms in total. The number of amides is 1. The van der Waals surface area contributed by atoms with Crippen LogP contribution in [0.25, 0.3) is 21.9 Å². The van der Waals surface area contributed by atoms with Crippen LogP contribution in [0, 0.1) is 0 Å². The van der Waals surface area contributed by atoms with Gasteiger partial charge in [-0.1, -0.05) is 12.1 Å². The number of anilines is 1. The molecular formula is C22H25B3N6O2. The fourth-order valence-corrected chi connectivity index (χ4v) is 4.06. The SMILES string of the molecule is BC(B)(B)n1cc(-c2ccc3cnc(NC(=O)c4coc(C5CCNCC5)n4)cc3c2)cn1. The molecule has 0 unspecified atom stereocenters. The number of pyridine rings is 1. The van der Waals surface area contributed by atoms with E-state index in [0.29, 0.717) is 11.7 Å². The van der Waals surface area contributed by atoms with E-state index in [-0.39, 0.29) is 22.8 Å². The van der Waals surface area contributed by atoms with Gasteiger partial charge < -0.3 is 15.1 Å². The van der Waals surface area contributed by atoms with E-state index in [1.165, 1.54) is 6.26 Å². The summed E-state index contributed by atoms with van der Waals surface area (Å²) in [5.74, 6) is 1.04. The monoisotopic (exact) mass is 438 g/mol. The maximum absolute atomic E-state index is 12.7. The van der Waals surface area contributed by atoms with E-state index in [1.54, 1.807) is 6.20 Å². The highest BCUT2D eigenvalue weighted by Gasteiger charge is 2.22. The molecule has 0 bridgehead atoms. The molecular weight excluding hydrogens is 413 g/mol. The topological polar surface area (TPSA) is 97.9 Å². The Morgan fingerprint density at radius 1 is 1.12 bits per heavy atom. The van der Waals surface area contributed by atoms with Gasteiger partial charge in [0.15, 0.2) is 11.6 Å². The number of nitrogens with one attached hydrogen (secondary N) is 2. The van der Waals surface area contributed by atoms with Crippen molar-refractivity contribution >= 4 is 46.0 Å². The van der Waals surface area contributed by atoms with Crippen LogP contribution >= 0.6 is 0 Å². The Morgan fingerprint density at radius 3 is 2.70 bits per heavy atom. The first kappa shape index (κ1) is 21.5. The summed E-state index contributed by atoms with van der Waals surface area (Å²) in [5.41, 5.74) is 2.38. The summed E-state index contributed by atoms with van der Waals surface area (Å²) in [7, 11) is 6.36. The molecule has 0 saturated carbocycles. The molecule has 1 fully saturated rings. The van der Waals surface area contributed by atoms with Crippen LogP contribution in [0.2, 0.25) is 0 Å². The highest BCUT2D eigenvalue weighted by Crippen LogP contribution is 2.27. The number of nitrogens with zero attached hydrogens (tertiary/aromatic N) is 4. The normalized spacial score (nSPS) is 15.0. The van der Waals surface area contributed by atoms with Gasteiger partial charge in [0.05, 0.1) is 6.20 Å². The second kappa shape index (κ2) is 8.55. The Balaban J connectivity index is 1.35. The minimum absolute atomic E-state index is 0.0780. The molecule has 0 spiro atoms. The first-order chi connectivity index (χ1) is 15.9. The number of hydrogen-bond donors (Lipinski definition) is 2. The van der Waals surface area contributed by atoms with Crippen molar-refractivity contribution < 1.29 is 9.21 Å². The molecule has 3 aromatic heterocycles. The van der Waals surface area contributed by atoms with Gasteiger partial charge in [-0.15, -0.1) is 0 Å². The van der Waals surface area contributed by atoms with Crippen molar-refractivity contribution in [2.24, 2.45) is 0 Å². The zero-order valence-electron chi connectivity index (χ0n) is 19.1. The third kappa shape index (κ3) is 4.59. The summed E-state index contributed by atoms with van der Waals surface area (Å²) < 4.78 is 7.55. The lowest BCUT2D eigenvalue weighted by Crippen LogP contribution is -2.35. The van der Waals surface area contributed by atoms with E-state index in [9.17, 15) is 4.79 Å². The second-order valence-corrected chi connectivity index (χ2v) is 9.53. The fraction of sp³-hybridized carbons (Fsp3) is 0.273. The maximum atomic E-state index is 12.7. The molecule has 1 amide bonds. The zero-order valence-corrected chi connectivity index (χ0v) is 19.1. The number of fused-ring (bicyclic) bond motifs is 1. The van der Waals surface area contributed by atoms with Crippen molar-refractivity contribution in [2.45, 2.75) is 24.0 Å². The smallest absolute Gasteiger partial charge is 0.278 e. The Morgan fingerprint density at radius 2 is 1.94 bits per heavy atom. The molecule has 0 radical (unpaired) electrons. The predicted octanol–water partition coefficient (Wildman–Crippen LogP) is 0.273. The van der Waals surface area contributed by atoms with Gasteiger partial charge in [0.2, 0.25) is 0 Å². The average Bonchev–Trinajstić information content (AvgIpc) is 3.49. The fourth-order valence-electron chi connectivity index (χ4n) is 4.06. The van der Waals surface area contributed by atoms with Gasteiger partial charge in [-0.05, 0) is 54.3 Å². The van der Waals surface area contributed by atoms with Gasteiger partial charge in [-0.2, -0.15) is 5.10 Å². The summed E-state index contributed by atoms with van der Waals surface area (Å²) >= 11 is 0. The standard InChI is InChI=1S/C22H25B3N6O2/c23-22(24,25)31-11-17(10-28-31)14-1-2-15-9-27-19(8-16(15)7-14)30-20(32)18-12-33-21(29-18)13-3-5-26-6-4-13/h1-2,7-13,26H,3-6,23-25H2,(H,27,30,32). The van der Waals surface area contributed by atoms with Crippen LogP contribution in [0.5, 0.6) is 0 Å². The number of piperidine rings is 1. The van der Waals surface area contributed by atoms with Crippen LogP contribution in [0.4, 0.5) is 5.82 Å². The molecule has 2 N–H and O–H groups in total. The van der Waals surface area contributed by atoms with Crippen molar-refractivity contribution in [3.8, 4) is 11.1 Å². The molecule has 0 aliphatic carbocycles. The minimum Gasteiger partial charge on any atom is -0.448 e. The maximum Gasteiger partial charge on any atom is 0.278 e. The molecule has 11 heteroatoms. The van der Waals surface area contributed by atoms with Crippen molar-refractivity contribution in [3.63, 3.8) is 0 Å². The molecule has 33 heavy (non-hydrogen) atoms. The molecule has 0 atom stereocenters. The van der Waals surface area contributed by atoms with Gasteiger partial charge in [0.1, 0.15) is 35.6 Å². The van der Waals surface area contributed by atoms with Crippen LogP contribution in [-0.4, -0.2) is 62.3 Å². The third-order valence-electron chi connectivity index (χ3n) is 6.01. The molecule has 1 aliphatic rings. The largest absolute Gasteiger partial charge is 0.448 e. The number of rotatable bonds is 5. The predicted molar refractivity (Wildman–Crippen MR) is 136 cm³/mol. The number of oxazole rings is 1. The van der Waals surface area contributed by atoms with E-state index in [1.807, 2.05) is 23.0 Å². The van der Waals surface area contributed by atoms with Crippen LogP contribution < -0.4 is 10.6 Å².